The van der Waals surface area contributed by atoms with Gasteiger partial charge in [0.15, 0.2) is 0 Å². The monoisotopic (exact) mass is 452 g/mol. The summed E-state index contributed by atoms with van der Waals surface area (Å²) >= 11 is 4.25. The summed E-state index contributed by atoms with van der Waals surface area (Å²) in [5.74, 6) is -3.15. The molecule has 0 aromatic heterocycles. The number of rotatable bonds is 12. The number of ether oxygens (including phenoxy) is 1. The molecule has 0 radical (unpaired) electrons. The molecule has 0 bridgehead atoms. The Morgan fingerprint density at radius 3 is 2.06 bits per heavy atom. The molecule has 1 aromatic carbocycles. The summed E-state index contributed by atoms with van der Waals surface area (Å²) in [6.45, 7) is 5.41. The molecule has 4 atom stereocenters. The van der Waals surface area contributed by atoms with E-state index in [1.807, 2.05) is 19.9 Å². The fourth-order valence-corrected chi connectivity index (χ4v) is 3.42. The Kier molecular flexibility index (Phi) is 11.1. The SMILES string of the molecule is COC(=O)C(C)CC(S)C(=O)N[C@@H](CC(C)C)C(=O)N[C@@H](Cc1ccccc1)C(=O)O. The van der Waals surface area contributed by atoms with Crippen LogP contribution in [-0.4, -0.2) is 53.3 Å². The van der Waals surface area contributed by atoms with Crippen molar-refractivity contribution < 1.29 is 29.0 Å². The molecule has 1 rings (SSSR count). The number of benzene rings is 1. The van der Waals surface area contributed by atoms with Crippen LogP contribution >= 0.6 is 12.6 Å². The first kappa shape index (κ1) is 26.5. The maximum Gasteiger partial charge on any atom is 0.326 e. The molecule has 0 saturated heterocycles. The van der Waals surface area contributed by atoms with E-state index in [2.05, 4.69) is 28.0 Å². The average Bonchev–Trinajstić information content (AvgIpc) is 2.72. The van der Waals surface area contributed by atoms with Gasteiger partial charge in [-0.05, 0) is 24.3 Å². The third kappa shape index (κ3) is 9.42. The van der Waals surface area contributed by atoms with Gasteiger partial charge in [0.1, 0.15) is 12.1 Å². The number of esters is 1. The highest BCUT2D eigenvalue weighted by Gasteiger charge is 2.30. The van der Waals surface area contributed by atoms with E-state index in [4.69, 9.17) is 0 Å². The minimum absolute atomic E-state index is 0.0702. The van der Waals surface area contributed by atoms with Crippen LogP contribution in [0.2, 0.25) is 0 Å². The Labute approximate surface area is 188 Å². The van der Waals surface area contributed by atoms with E-state index in [-0.39, 0.29) is 18.8 Å². The van der Waals surface area contributed by atoms with Gasteiger partial charge in [0.2, 0.25) is 11.8 Å². The van der Waals surface area contributed by atoms with Gasteiger partial charge in [-0.25, -0.2) is 4.79 Å². The summed E-state index contributed by atoms with van der Waals surface area (Å²) in [4.78, 5) is 48.6. The Bertz CT molecular complexity index is 756. The van der Waals surface area contributed by atoms with E-state index in [9.17, 15) is 24.3 Å². The second-order valence-corrected chi connectivity index (χ2v) is 8.58. The maximum atomic E-state index is 12.8. The summed E-state index contributed by atoms with van der Waals surface area (Å²) in [5, 5.41) is 13.9. The molecule has 172 valence electrons. The topological polar surface area (TPSA) is 122 Å². The zero-order valence-electron chi connectivity index (χ0n) is 18.3. The fourth-order valence-electron chi connectivity index (χ4n) is 3.03. The Morgan fingerprint density at radius 2 is 1.55 bits per heavy atom. The smallest absolute Gasteiger partial charge is 0.326 e. The molecular formula is C22H32N2O6S. The van der Waals surface area contributed by atoms with Crippen molar-refractivity contribution in [1.29, 1.82) is 0 Å². The lowest BCUT2D eigenvalue weighted by Gasteiger charge is -2.24. The number of hydrogen-bond acceptors (Lipinski definition) is 6. The molecule has 0 aliphatic carbocycles. The molecule has 8 nitrogen and oxygen atoms in total. The van der Waals surface area contributed by atoms with Crippen molar-refractivity contribution in [2.24, 2.45) is 11.8 Å². The number of carboxylic acid groups (broad SMARTS) is 1. The van der Waals surface area contributed by atoms with Crippen LogP contribution < -0.4 is 10.6 Å². The zero-order chi connectivity index (χ0) is 23.6. The highest BCUT2D eigenvalue weighted by atomic mass is 32.1. The predicted octanol–water partition coefficient (Wildman–Crippen LogP) is 1.83. The van der Waals surface area contributed by atoms with Crippen molar-refractivity contribution in [2.75, 3.05) is 7.11 Å². The number of aliphatic carboxylic acids is 1. The van der Waals surface area contributed by atoms with E-state index in [1.165, 1.54) is 7.11 Å². The maximum absolute atomic E-state index is 12.8. The van der Waals surface area contributed by atoms with Gasteiger partial charge in [-0.2, -0.15) is 12.6 Å². The summed E-state index contributed by atoms with van der Waals surface area (Å²) in [6, 6.07) is 6.91. The summed E-state index contributed by atoms with van der Waals surface area (Å²) < 4.78 is 4.66. The lowest BCUT2D eigenvalue weighted by Crippen LogP contribution is -2.53. The van der Waals surface area contributed by atoms with Crippen LogP contribution in [0, 0.1) is 11.8 Å². The fraction of sp³-hybridized carbons (Fsp3) is 0.545. The van der Waals surface area contributed by atoms with E-state index in [1.54, 1.807) is 31.2 Å². The first-order chi connectivity index (χ1) is 14.5. The number of carbonyl (C=O) groups is 4. The van der Waals surface area contributed by atoms with Crippen molar-refractivity contribution in [3.63, 3.8) is 0 Å². The van der Waals surface area contributed by atoms with Gasteiger partial charge in [0, 0.05) is 6.42 Å². The molecule has 1 aromatic rings. The van der Waals surface area contributed by atoms with Crippen LogP contribution in [0.1, 0.15) is 39.2 Å². The zero-order valence-corrected chi connectivity index (χ0v) is 19.2. The van der Waals surface area contributed by atoms with Gasteiger partial charge in [-0.3, -0.25) is 14.4 Å². The normalized spacial score (nSPS) is 14.8. The van der Waals surface area contributed by atoms with Crippen LogP contribution in [0.5, 0.6) is 0 Å². The van der Waals surface area contributed by atoms with Gasteiger partial charge in [-0.1, -0.05) is 51.1 Å². The van der Waals surface area contributed by atoms with E-state index < -0.39 is 47.0 Å². The molecule has 0 saturated carbocycles. The molecule has 0 heterocycles. The van der Waals surface area contributed by atoms with Crippen LogP contribution in [-0.2, 0) is 30.3 Å². The minimum Gasteiger partial charge on any atom is -0.480 e. The van der Waals surface area contributed by atoms with Crippen LogP contribution in [0.25, 0.3) is 0 Å². The molecule has 9 heteroatoms. The quantitative estimate of drug-likeness (QED) is 0.284. The molecule has 0 spiro atoms. The number of amides is 2. The van der Waals surface area contributed by atoms with Gasteiger partial charge in [0.25, 0.3) is 0 Å². The first-order valence-corrected chi connectivity index (χ1v) is 10.7. The van der Waals surface area contributed by atoms with Gasteiger partial charge in [-0.15, -0.1) is 0 Å². The van der Waals surface area contributed by atoms with E-state index >= 15 is 0 Å². The summed E-state index contributed by atoms with van der Waals surface area (Å²) in [7, 11) is 1.27. The molecule has 0 aliphatic heterocycles. The van der Waals surface area contributed by atoms with E-state index in [0.717, 1.165) is 5.56 Å². The number of carbonyl (C=O) groups excluding carboxylic acids is 3. The standard InChI is InChI=1S/C22H32N2O6S/c1-13(2)10-16(23-20(26)18(31)11-14(3)22(29)30-4)19(25)24-17(21(27)28)12-15-8-6-5-7-9-15/h5-9,13-14,16-18,31H,10-12H2,1-4H3,(H,23,26)(H,24,25)(H,27,28)/t14?,16-,17-,18?/m0/s1. The number of methoxy groups -OCH3 is 1. The van der Waals surface area contributed by atoms with Gasteiger partial charge >= 0.3 is 11.9 Å². The average molecular weight is 453 g/mol. The van der Waals surface area contributed by atoms with Crippen molar-refractivity contribution in [1.82, 2.24) is 10.6 Å². The van der Waals surface area contributed by atoms with Crippen molar-refractivity contribution in [3.05, 3.63) is 35.9 Å². The second-order valence-electron chi connectivity index (χ2n) is 7.96. The van der Waals surface area contributed by atoms with Crippen LogP contribution in [0.4, 0.5) is 0 Å². The highest BCUT2D eigenvalue weighted by Crippen LogP contribution is 2.14. The summed E-state index contributed by atoms with van der Waals surface area (Å²) in [5.41, 5.74) is 0.770. The molecule has 31 heavy (non-hydrogen) atoms. The van der Waals surface area contributed by atoms with Crippen LogP contribution in [0.15, 0.2) is 30.3 Å². The van der Waals surface area contributed by atoms with Crippen molar-refractivity contribution in [2.45, 2.75) is 57.4 Å². The second kappa shape index (κ2) is 13.0. The van der Waals surface area contributed by atoms with E-state index in [0.29, 0.717) is 6.42 Å². The van der Waals surface area contributed by atoms with Gasteiger partial charge < -0.3 is 20.5 Å². The largest absolute Gasteiger partial charge is 0.480 e. The van der Waals surface area contributed by atoms with Gasteiger partial charge in [0.05, 0.1) is 18.3 Å². The molecule has 2 amide bonds. The van der Waals surface area contributed by atoms with Crippen LogP contribution in [0.3, 0.4) is 0 Å². The predicted molar refractivity (Wildman–Crippen MR) is 120 cm³/mol. The number of hydrogen-bond donors (Lipinski definition) is 4. The molecular weight excluding hydrogens is 420 g/mol. The first-order valence-electron chi connectivity index (χ1n) is 10.2. The number of carboxylic acids is 1. The Hall–Kier alpha value is -2.55. The minimum atomic E-state index is -1.16. The van der Waals surface area contributed by atoms with Crippen molar-refractivity contribution >= 4 is 36.4 Å². The Balaban J connectivity index is 2.84. The number of nitrogens with one attached hydrogen (secondary N) is 2. The van der Waals surface area contributed by atoms with Crippen molar-refractivity contribution in [3.8, 4) is 0 Å². The highest BCUT2D eigenvalue weighted by molar-refractivity contribution is 7.81. The summed E-state index contributed by atoms with van der Waals surface area (Å²) in [6.07, 6.45) is 0.585. The lowest BCUT2D eigenvalue weighted by atomic mass is 10.0. The molecule has 2 unspecified atom stereocenters. The third-order valence-electron chi connectivity index (χ3n) is 4.72. The lowest BCUT2D eigenvalue weighted by molar-refractivity contribution is -0.145. The Morgan fingerprint density at radius 1 is 0.968 bits per heavy atom. The molecule has 0 fully saturated rings. The molecule has 3 N–H and O–H groups in total. The number of thiol groups is 1. The third-order valence-corrected chi connectivity index (χ3v) is 5.17. The molecule has 0 aliphatic rings.